The van der Waals surface area contributed by atoms with Crippen molar-refractivity contribution in [3.05, 3.63) is 0 Å². The first-order chi connectivity index (χ1) is 7.88. The van der Waals surface area contributed by atoms with Gasteiger partial charge in [-0.05, 0) is 45.1 Å². The quantitative estimate of drug-likeness (QED) is 0.711. The van der Waals surface area contributed by atoms with Gasteiger partial charge in [-0.25, -0.2) is 0 Å². The molecule has 0 aliphatic heterocycles. The zero-order valence-electron chi connectivity index (χ0n) is 12.2. The molecule has 0 aliphatic rings. The van der Waals surface area contributed by atoms with Gasteiger partial charge < -0.3 is 10.6 Å². The molecular weight excluding hydrogens is 212 g/mol. The van der Waals surface area contributed by atoms with E-state index in [-0.39, 0.29) is 5.91 Å². The maximum Gasteiger partial charge on any atom is 0.222 e. The van der Waals surface area contributed by atoms with E-state index in [0.717, 1.165) is 25.9 Å². The van der Waals surface area contributed by atoms with E-state index in [1.54, 1.807) is 0 Å². The molecule has 0 saturated carbocycles. The van der Waals surface area contributed by atoms with E-state index in [1.165, 1.54) is 0 Å². The van der Waals surface area contributed by atoms with Crippen LogP contribution in [0.15, 0.2) is 0 Å². The number of carbonyl (C=O) groups is 1. The van der Waals surface area contributed by atoms with Gasteiger partial charge in [-0.15, -0.1) is 0 Å². The molecule has 3 nitrogen and oxygen atoms in total. The summed E-state index contributed by atoms with van der Waals surface area (Å²) in [4.78, 5) is 14.1. The lowest BCUT2D eigenvalue weighted by molar-refractivity contribution is -0.133. The Morgan fingerprint density at radius 2 is 1.71 bits per heavy atom. The van der Waals surface area contributed by atoms with Crippen LogP contribution in [-0.4, -0.2) is 29.9 Å². The number of hydrogen-bond acceptors (Lipinski definition) is 2. The minimum absolute atomic E-state index is 0.289. The Balaban J connectivity index is 4.14. The van der Waals surface area contributed by atoms with Gasteiger partial charge in [0.1, 0.15) is 0 Å². The summed E-state index contributed by atoms with van der Waals surface area (Å²) >= 11 is 0. The maximum absolute atomic E-state index is 12.1. The number of amides is 1. The van der Waals surface area contributed by atoms with Crippen molar-refractivity contribution in [2.45, 2.75) is 59.9 Å². The molecule has 0 fully saturated rings. The van der Waals surface area contributed by atoms with Crippen molar-refractivity contribution in [1.82, 2.24) is 4.90 Å². The van der Waals surface area contributed by atoms with Crippen LogP contribution < -0.4 is 5.73 Å². The molecule has 0 saturated heterocycles. The summed E-state index contributed by atoms with van der Waals surface area (Å²) in [5.41, 5.74) is 5.51. The normalized spacial score (nSPS) is 13.2. The second kappa shape index (κ2) is 8.51. The van der Waals surface area contributed by atoms with Gasteiger partial charge >= 0.3 is 0 Å². The van der Waals surface area contributed by atoms with Gasteiger partial charge in [-0.3, -0.25) is 4.79 Å². The molecule has 17 heavy (non-hydrogen) atoms. The molecule has 0 aromatic carbocycles. The van der Waals surface area contributed by atoms with Crippen LogP contribution in [0.2, 0.25) is 0 Å². The third-order valence-electron chi connectivity index (χ3n) is 3.02. The highest BCUT2D eigenvalue weighted by Crippen LogP contribution is 2.13. The maximum atomic E-state index is 12.1. The van der Waals surface area contributed by atoms with Crippen molar-refractivity contribution < 1.29 is 4.79 Å². The molecular formula is C14H30N2O. The second-order valence-electron chi connectivity index (χ2n) is 5.75. The lowest BCUT2D eigenvalue weighted by Crippen LogP contribution is -2.39. The van der Waals surface area contributed by atoms with E-state index in [4.69, 9.17) is 5.73 Å². The predicted molar refractivity (Wildman–Crippen MR) is 73.8 cm³/mol. The van der Waals surface area contributed by atoms with Crippen molar-refractivity contribution in [3.63, 3.8) is 0 Å². The number of nitrogens with zero attached hydrogens (tertiary/aromatic N) is 1. The molecule has 1 amide bonds. The van der Waals surface area contributed by atoms with Crippen LogP contribution in [0, 0.1) is 11.8 Å². The monoisotopic (exact) mass is 242 g/mol. The summed E-state index contributed by atoms with van der Waals surface area (Å²) in [6, 6.07) is 0.301. The summed E-state index contributed by atoms with van der Waals surface area (Å²) in [5.74, 6) is 1.37. The molecule has 0 spiro atoms. The summed E-state index contributed by atoms with van der Waals surface area (Å²) in [7, 11) is 0. The van der Waals surface area contributed by atoms with E-state index in [0.29, 0.717) is 24.3 Å². The Morgan fingerprint density at radius 1 is 1.12 bits per heavy atom. The fourth-order valence-corrected chi connectivity index (χ4v) is 1.94. The number of nitrogens with two attached hydrogens (primary N) is 1. The molecule has 0 aliphatic carbocycles. The first kappa shape index (κ1) is 16.4. The highest BCUT2D eigenvalue weighted by Gasteiger charge is 2.18. The van der Waals surface area contributed by atoms with Crippen LogP contribution in [-0.2, 0) is 4.79 Å². The van der Waals surface area contributed by atoms with Crippen LogP contribution in [0.5, 0.6) is 0 Å². The van der Waals surface area contributed by atoms with Crippen molar-refractivity contribution in [3.8, 4) is 0 Å². The second-order valence-corrected chi connectivity index (χ2v) is 5.75. The Morgan fingerprint density at radius 3 is 2.12 bits per heavy atom. The van der Waals surface area contributed by atoms with Gasteiger partial charge in [0.15, 0.2) is 0 Å². The molecule has 1 unspecified atom stereocenters. The van der Waals surface area contributed by atoms with Crippen molar-refractivity contribution in [2.24, 2.45) is 17.6 Å². The first-order valence-electron chi connectivity index (χ1n) is 6.88. The highest BCUT2D eigenvalue weighted by atomic mass is 16.2. The van der Waals surface area contributed by atoms with Crippen LogP contribution >= 0.6 is 0 Å². The van der Waals surface area contributed by atoms with Gasteiger partial charge in [-0.1, -0.05) is 20.8 Å². The fourth-order valence-electron chi connectivity index (χ4n) is 1.94. The summed E-state index contributed by atoms with van der Waals surface area (Å²) < 4.78 is 0. The molecule has 0 radical (unpaired) electrons. The largest absolute Gasteiger partial charge is 0.340 e. The Bertz CT molecular complexity index is 214. The standard InChI is InChI=1S/C14H30N2O/c1-11(2)10-16(12(3)4)14(17)7-6-13(5)8-9-15/h11-13H,6-10,15H2,1-5H3. The Hall–Kier alpha value is -0.570. The minimum Gasteiger partial charge on any atom is -0.340 e. The highest BCUT2D eigenvalue weighted by molar-refractivity contribution is 5.76. The van der Waals surface area contributed by atoms with Crippen LogP contribution in [0.1, 0.15) is 53.9 Å². The summed E-state index contributed by atoms with van der Waals surface area (Å²) in [6.45, 7) is 12.2. The van der Waals surface area contributed by atoms with Crippen LogP contribution in [0.4, 0.5) is 0 Å². The molecule has 0 aromatic heterocycles. The minimum atomic E-state index is 0.289. The molecule has 3 heteroatoms. The average molecular weight is 242 g/mol. The molecule has 0 rings (SSSR count). The zero-order chi connectivity index (χ0) is 13.4. The third-order valence-corrected chi connectivity index (χ3v) is 3.02. The van der Waals surface area contributed by atoms with Crippen LogP contribution in [0.25, 0.3) is 0 Å². The van der Waals surface area contributed by atoms with Gasteiger partial charge in [0.2, 0.25) is 5.91 Å². The number of hydrogen-bond donors (Lipinski definition) is 1. The lowest BCUT2D eigenvalue weighted by atomic mass is 10.0. The smallest absolute Gasteiger partial charge is 0.222 e. The summed E-state index contributed by atoms with van der Waals surface area (Å²) in [5, 5.41) is 0. The molecule has 0 heterocycles. The molecule has 0 bridgehead atoms. The van der Waals surface area contributed by atoms with Gasteiger partial charge in [-0.2, -0.15) is 0 Å². The van der Waals surface area contributed by atoms with Crippen molar-refractivity contribution >= 4 is 5.91 Å². The van der Waals surface area contributed by atoms with E-state index in [1.807, 2.05) is 4.90 Å². The number of rotatable bonds is 8. The fraction of sp³-hybridized carbons (Fsp3) is 0.929. The molecule has 1 atom stereocenters. The van der Waals surface area contributed by atoms with E-state index >= 15 is 0 Å². The average Bonchev–Trinajstić information content (AvgIpc) is 2.22. The predicted octanol–water partition coefficient (Wildman–Crippen LogP) is 2.64. The van der Waals surface area contributed by atoms with Gasteiger partial charge in [0.05, 0.1) is 0 Å². The molecule has 0 aromatic rings. The van der Waals surface area contributed by atoms with E-state index in [9.17, 15) is 4.79 Å². The lowest BCUT2D eigenvalue weighted by Gasteiger charge is -2.29. The van der Waals surface area contributed by atoms with Crippen molar-refractivity contribution in [2.75, 3.05) is 13.1 Å². The Kier molecular flexibility index (Phi) is 8.23. The number of carbonyl (C=O) groups excluding carboxylic acids is 1. The first-order valence-corrected chi connectivity index (χ1v) is 6.88. The molecule has 2 N–H and O–H groups in total. The zero-order valence-corrected chi connectivity index (χ0v) is 12.2. The van der Waals surface area contributed by atoms with E-state index < -0.39 is 0 Å². The third kappa shape index (κ3) is 7.37. The van der Waals surface area contributed by atoms with Gasteiger partial charge in [0.25, 0.3) is 0 Å². The van der Waals surface area contributed by atoms with Crippen LogP contribution in [0.3, 0.4) is 0 Å². The molecule has 102 valence electrons. The summed E-state index contributed by atoms with van der Waals surface area (Å²) in [6.07, 6.45) is 2.63. The van der Waals surface area contributed by atoms with Crippen molar-refractivity contribution in [1.29, 1.82) is 0 Å². The van der Waals surface area contributed by atoms with E-state index in [2.05, 4.69) is 34.6 Å². The Labute approximate surface area is 107 Å². The van der Waals surface area contributed by atoms with Gasteiger partial charge in [0, 0.05) is 19.0 Å². The SMILES string of the molecule is CC(C)CN(C(=O)CCC(C)CCN)C(C)C. The topological polar surface area (TPSA) is 46.3 Å².